The average Bonchev–Trinajstić information content (AvgIpc) is 2.66. The van der Waals surface area contributed by atoms with Crippen molar-refractivity contribution in [3.63, 3.8) is 0 Å². The quantitative estimate of drug-likeness (QED) is 0.789. The van der Waals surface area contributed by atoms with E-state index in [9.17, 15) is 5.11 Å². The van der Waals surface area contributed by atoms with Crippen LogP contribution in [0.25, 0.3) is 11.3 Å². The van der Waals surface area contributed by atoms with Crippen LogP contribution >= 0.6 is 0 Å². The summed E-state index contributed by atoms with van der Waals surface area (Å²) in [4.78, 5) is 4.26. The van der Waals surface area contributed by atoms with Crippen LogP contribution in [0.2, 0.25) is 0 Å². The van der Waals surface area contributed by atoms with Crippen molar-refractivity contribution in [1.29, 1.82) is 0 Å². The largest absolute Gasteiger partial charge is 0.508 e. The second kappa shape index (κ2) is 3.54. The first-order valence-electron chi connectivity index (χ1n) is 4.53. The van der Waals surface area contributed by atoms with E-state index in [0.717, 1.165) is 17.7 Å². The van der Waals surface area contributed by atoms with E-state index in [1.807, 2.05) is 13.0 Å². The average molecular weight is 189 g/mol. The Bertz CT molecular complexity index is 434. The van der Waals surface area contributed by atoms with Crippen LogP contribution in [-0.2, 0) is 6.42 Å². The summed E-state index contributed by atoms with van der Waals surface area (Å²) in [6, 6.07) is 6.96. The minimum atomic E-state index is 0.239. The third-order valence-electron chi connectivity index (χ3n) is 2.00. The first-order valence-corrected chi connectivity index (χ1v) is 4.53. The molecule has 0 saturated heterocycles. The van der Waals surface area contributed by atoms with Gasteiger partial charge in [0.15, 0.2) is 5.89 Å². The predicted molar refractivity (Wildman–Crippen MR) is 53.0 cm³/mol. The van der Waals surface area contributed by atoms with Gasteiger partial charge in [0.25, 0.3) is 0 Å². The van der Waals surface area contributed by atoms with Gasteiger partial charge in [-0.15, -0.1) is 0 Å². The summed E-state index contributed by atoms with van der Waals surface area (Å²) in [5.41, 5.74) is 1.63. The summed E-state index contributed by atoms with van der Waals surface area (Å²) < 4.78 is 5.22. The molecule has 0 aliphatic carbocycles. The molecular weight excluding hydrogens is 178 g/mol. The molecule has 1 aromatic heterocycles. The zero-order valence-electron chi connectivity index (χ0n) is 7.90. The lowest BCUT2D eigenvalue weighted by atomic mass is 10.2. The third kappa shape index (κ3) is 1.62. The molecule has 1 aromatic carbocycles. The van der Waals surface area contributed by atoms with E-state index in [1.165, 1.54) is 0 Å². The zero-order chi connectivity index (χ0) is 9.97. The summed E-state index contributed by atoms with van der Waals surface area (Å²) in [7, 11) is 0. The van der Waals surface area contributed by atoms with Crippen LogP contribution in [0.3, 0.4) is 0 Å². The molecule has 72 valence electrons. The fourth-order valence-corrected chi connectivity index (χ4v) is 1.27. The molecule has 0 radical (unpaired) electrons. The van der Waals surface area contributed by atoms with Gasteiger partial charge in [-0.2, -0.15) is 0 Å². The van der Waals surface area contributed by atoms with Gasteiger partial charge in [-0.1, -0.05) is 19.1 Å². The molecule has 3 nitrogen and oxygen atoms in total. The van der Waals surface area contributed by atoms with Crippen molar-refractivity contribution in [3.05, 3.63) is 36.4 Å². The SMILES string of the molecule is CCc1nc(-c2cccc(O)c2)co1. The fraction of sp³-hybridized carbons (Fsp3) is 0.182. The van der Waals surface area contributed by atoms with E-state index >= 15 is 0 Å². The first kappa shape index (κ1) is 8.81. The molecule has 0 aliphatic rings. The molecule has 0 atom stereocenters. The van der Waals surface area contributed by atoms with Gasteiger partial charge >= 0.3 is 0 Å². The Morgan fingerprint density at radius 3 is 2.93 bits per heavy atom. The standard InChI is InChI=1S/C11H11NO2/c1-2-11-12-10(7-14-11)8-4-3-5-9(13)6-8/h3-7,13H,2H2,1H3. The first-order chi connectivity index (χ1) is 6.79. The van der Waals surface area contributed by atoms with E-state index in [1.54, 1.807) is 24.5 Å². The molecule has 1 N–H and O–H groups in total. The minimum absolute atomic E-state index is 0.239. The van der Waals surface area contributed by atoms with Gasteiger partial charge in [-0.25, -0.2) is 4.98 Å². The van der Waals surface area contributed by atoms with E-state index in [4.69, 9.17) is 4.42 Å². The molecule has 3 heteroatoms. The van der Waals surface area contributed by atoms with Gasteiger partial charge in [0.2, 0.25) is 0 Å². The Kier molecular flexibility index (Phi) is 2.23. The zero-order valence-corrected chi connectivity index (χ0v) is 7.90. The van der Waals surface area contributed by atoms with Gasteiger partial charge in [-0.3, -0.25) is 0 Å². The third-order valence-corrected chi connectivity index (χ3v) is 2.00. The number of rotatable bonds is 2. The molecule has 2 rings (SSSR count). The van der Waals surface area contributed by atoms with Crippen LogP contribution in [0.1, 0.15) is 12.8 Å². The van der Waals surface area contributed by atoms with Crippen molar-refractivity contribution in [2.45, 2.75) is 13.3 Å². The normalized spacial score (nSPS) is 10.4. The van der Waals surface area contributed by atoms with Crippen LogP contribution in [0.5, 0.6) is 5.75 Å². The maximum Gasteiger partial charge on any atom is 0.194 e. The highest BCUT2D eigenvalue weighted by Crippen LogP contribution is 2.22. The number of hydrogen-bond donors (Lipinski definition) is 1. The van der Waals surface area contributed by atoms with Crippen LogP contribution in [0.4, 0.5) is 0 Å². The van der Waals surface area contributed by atoms with Crippen molar-refractivity contribution in [1.82, 2.24) is 4.98 Å². The Labute approximate surface area is 82.0 Å². The lowest BCUT2D eigenvalue weighted by Gasteiger charge is -1.95. The summed E-state index contributed by atoms with van der Waals surface area (Å²) in [6.07, 6.45) is 2.38. The van der Waals surface area contributed by atoms with Crippen LogP contribution in [-0.4, -0.2) is 10.1 Å². The van der Waals surface area contributed by atoms with E-state index in [0.29, 0.717) is 5.89 Å². The highest BCUT2D eigenvalue weighted by atomic mass is 16.3. The number of aromatic hydroxyl groups is 1. The molecular formula is C11H11NO2. The fourth-order valence-electron chi connectivity index (χ4n) is 1.27. The maximum absolute atomic E-state index is 9.28. The molecule has 0 spiro atoms. The molecule has 0 bridgehead atoms. The molecule has 0 aliphatic heterocycles. The second-order valence-corrected chi connectivity index (χ2v) is 3.03. The maximum atomic E-state index is 9.28. The van der Waals surface area contributed by atoms with Crippen molar-refractivity contribution in [3.8, 4) is 17.0 Å². The van der Waals surface area contributed by atoms with Crippen molar-refractivity contribution in [2.24, 2.45) is 0 Å². The van der Waals surface area contributed by atoms with Gasteiger partial charge in [0.1, 0.15) is 17.7 Å². The van der Waals surface area contributed by atoms with Crippen LogP contribution in [0.15, 0.2) is 34.9 Å². The highest BCUT2D eigenvalue weighted by Gasteiger charge is 2.04. The Morgan fingerprint density at radius 1 is 1.43 bits per heavy atom. The number of hydrogen-bond acceptors (Lipinski definition) is 3. The topological polar surface area (TPSA) is 46.3 Å². The Hall–Kier alpha value is -1.77. The lowest BCUT2D eigenvalue weighted by Crippen LogP contribution is -1.80. The number of phenols is 1. The molecule has 0 amide bonds. The van der Waals surface area contributed by atoms with Gasteiger partial charge in [0, 0.05) is 12.0 Å². The van der Waals surface area contributed by atoms with Gasteiger partial charge in [-0.05, 0) is 12.1 Å². The number of phenolic OH excluding ortho intramolecular Hbond substituents is 1. The summed E-state index contributed by atoms with van der Waals surface area (Å²) in [5, 5.41) is 9.28. The van der Waals surface area contributed by atoms with Crippen molar-refractivity contribution >= 4 is 0 Å². The molecule has 0 fully saturated rings. The molecule has 0 unspecified atom stereocenters. The van der Waals surface area contributed by atoms with Crippen LogP contribution in [0, 0.1) is 0 Å². The lowest BCUT2D eigenvalue weighted by molar-refractivity contribution is 0.475. The number of benzene rings is 1. The van der Waals surface area contributed by atoms with E-state index < -0.39 is 0 Å². The summed E-state index contributed by atoms with van der Waals surface area (Å²) in [5.74, 6) is 0.951. The van der Waals surface area contributed by atoms with Crippen LogP contribution < -0.4 is 0 Å². The number of aryl methyl sites for hydroxylation is 1. The number of nitrogens with zero attached hydrogens (tertiary/aromatic N) is 1. The second-order valence-electron chi connectivity index (χ2n) is 3.03. The predicted octanol–water partition coefficient (Wildman–Crippen LogP) is 2.61. The highest BCUT2D eigenvalue weighted by molar-refractivity contribution is 5.59. The number of oxazole rings is 1. The Balaban J connectivity index is 2.39. The van der Waals surface area contributed by atoms with E-state index in [-0.39, 0.29) is 5.75 Å². The minimum Gasteiger partial charge on any atom is -0.508 e. The number of aromatic nitrogens is 1. The van der Waals surface area contributed by atoms with Gasteiger partial charge in [0.05, 0.1) is 0 Å². The molecule has 14 heavy (non-hydrogen) atoms. The van der Waals surface area contributed by atoms with E-state index in [2.05, 4.69) is 4.98 Å². The van der Waals surface area contributed by atoms with Crippen molar-refractivity contribution in [2.75, 3.05) is 0 Å². The summed E-state index contributed by atoms with van der Waals surface area (Å²) >= 11 is 0. The molecule has 0 saturated carbocycles. The monoisotopic (exact) mass is 189 g/mol. The molecule has 2 aromatic rings. The summed E-state index contributed by atoms with van der Waals surface area (Å²) in [6.45, 7) is 1.98. The van der Waals surface area contributed by atoms with Gasteiger partial charge < -0.3 is 9.52 Å². The van der Waals surface area contributed by atoms with Crippen molar-refractivity contribution < 1.29 is 9.52 Å². The Morgan fingerprint density at radius 2 is 2.29 bits per heavy atom. The molecule has 1 heterocycles. The smallest absolute Gasteiger partial charge is 0.194 e.